The molecule has 3 aromatic rings. The summed E-state index contributed by atoms with van der Waals surface area (Å²) < 4.78 is 5.78. The summed E-state index contributed by atoms with van der Waals surface area (Å²) in [6.07, 6.45) is 2.29. The van der Waals surface area contributed by atoms with E-state index >= 15 is 0 Å². The maximum Gasteiger partial charge on any atom is 0.286 e. The van der Waals surface area contributed by atoms with E-state index in [4.69, 9.17) is 4.42 Å². The third-order valence-corrected chi connectivity index (χ3v) is 5.94. The van der Waals surface area contributed by atoms with Crippen LogP contribution in [-0.4, -0.2) is 31.5 Å². The topological polar surface area (TPSA) is 105 Å². The van der Waals surface area contributed by atoms with E-state index in [0.29, 0.717) is 30.8 Å². The number of oxazole rings is 1. The molecule has 8 heteroatoms. The van der Waals surface area contributed by atoms with Crippen LogP contribution in [0.2, 0.25) is 0 Å². The first-order valence-electron chi connectivity index (χ1n) is 9.65. The van der Waals surface area contributed by atoms with Crippen LogP contribution in [0, 0.1) is 6.92 Å². The van der Waals surface area contributed by atoms with Gasteiger partial charge in [-0.1, -0.05) is 30.0 Å². The van der Waals surface area contributed by atoms with Crippen molar-refractivity contribution in [2.24, 2.45) is 0 Å². The molecule has 0 spiro atoms. The number of aliphatic hydroxyl groups is 1. The molecule has 1 saturated heterocycles. The van der Waals surface area contributed by atoms with Gasteiger partial charge in [-0.15, -0.1) is 0 Å². The predicted molar refractivity (Wildman–Crippen MR) is 113 cm³/mol. The normalized spacial score (nSPS) is 17.2. The second-order valence-corrected chi connectivity index (χ2v) is 8.29. The zero-order chi connectivity index (χ0) is 21.1. The molecule has 0 radical (unpaired) electrons. The van der Waals surface area contributed by atoms with Crippen LogP contribution in [0.3, 0.4) is 0 Å². The molecule has 2 unspecified atom stereocenters. The van der Waals surface area contributed by atoms with E-state index in [-0.39, 0.29) is 11.1 Å². The average molecular weight is 423 g/mol. The monoisotopic (exact) mass is 423 g/mol. The number of nitrogens with one attached hydrogen (secondary N) is 1. The van der Waals surface area contributed by atoms with Crippen molar-refractivity contribution in [2.45, 2.75) is 37.5 Å². The SMILES string of the molecule is Cc1oc(-c2ccccc2)nc1CCC(O)c1ccnc(CC2SC(=O)NC2=O)c1. The maximum absolute atomic E-state index is 11.8. The molecule has 154 valence electrons. The van der Waals surface area contributed by atoms with Gasteiger partial charge in [-0.25, -0.2) is 4.98 Å². The summed E-state index contributed by atoms with van der Waals surface area (Å²) in [5.74, 6) is 1.02. The number of imide groups is 1. The van der Waals surface area contributed by atoms with E-state index < -0.39 is 11.4 Å². The van der Waals surface area contributed by atoms with Crippen LogP contribution in [0.5, 0.6) is 0 Å². The van der Waals surface area contributed by atoms with Crippen molar-refractivity contribution in [1.29, 1.82) is 0 Å². The zero-order valence-corrected chi connectivity index (χ0v) is 17.2. The molecule has 2 N–H and O–H groups in total. The molecule has 4 rings (SSSR count). The van der Waals surface area contributed by atoms with Crippen molar-refractivity contribution in [3.63, 3.8) is 0 Å². The van der Waals surface area contributed by atoms with Crippen LogP contribution < -0.4 is 5.32 Å². The van der Waals surface area contributed by atoms with E-state index in [1.54, 1.807) is 18.3 Å². The van der Waals surface area contributed by atoms with Gasteiger partial charge in [-0.2, -0.15) is 0 Å². The highest BCUT2D eigenvalue weighted by molar-refractivity contribution is 8.15. The molecule has 0 aliphatic carbocycles. The first-order chi connectivity index (χ1) is 14.5. The summed E-state index contributed by atoms with van der Waals surface area (Å²) in [6, 6.07) is 13.2. The summed E-state index contributed by atoms with van der Waals surface area (Å²) in [7, 11) is 0. The molecule has 3 heterocycles. The number of nitrogens with zero attached hydrogens (tertiary/aromatic N) is 2. The van der Waals surface area contributed by atoms with Crippen LogP contribution in [0.1, 0.15) is 35.2 Å². The molecule has 30 heavy (non-hydrogen) atoms. The van der Waals surface area contributed by atoms with Gasteiger partial charge in [-0.3, -0.25) is 19.9 Å². The van der Waals surface area contributed by atoms with Crippen LogP contribution in [0.15, 0.2) is 53.1 Å². The smallest absolute Gasteiger partial charge is 0.286 e. The molecule has 7 nitrogen and oxygen atoms in total. The third-order valence-electron chi connectivity index (χ3n) is 4.95. The van der Waals surface area contributed by atoms with Crippen LogP contribution in [0.25, 0.3) is 11.5 Å². The fourth-order valence-corrected chi connectivity index (χ4v) is 4.18. The minimum absolute atomic E-state index is 0.298. The highest BCUT2D eigenvalue weighted by atomic mass is 32.2. The quantitative estimate of drug-likeness (QED) is 0.598. The Bertz CT molecular complexity index is 1070. The number of hydrogen-bond donors (Lipinski definition) is 2. The molecule has 2 amide bonds. The van der Waals surface area contributed by atoms with Gasteiger partial charge in [0.1, 0.15) is 5.76 Å². The number of aryl methyl sites for hydroxylation is 2. The van der Waals surface area contributed by atoms with Crippen molar-refractivity contribution in [1.82, 2.24) is 15.3 Å². The van der Waals surface area contributed by atoms with Gasteiger partial charge < -0.3 is 9.52 Å². The Morgan fingerprint density at radius 1 is 1.23 bits per heavy atom. The Hall–Kier alpha value is -2.97. The number of rotatable bonds is 7. The molecular weight excluding hydrogens is 402 g/mol. The molecule has 2 atom stereocenters. The van der Waals surface area contributed by atoms with Crippen LogP contribution >= 0.6 is 11.8 Å². The lowest BCUT2D eigenvalue weighted by atomic mass is 10.0. The molecule has 1 aliphatic heterocycles. The molecule has 1 aliphatic rings. The molecule has 2 aromatic heterocycles. The predicted octanol–water partition coefficient (Wildman–Crippen LogP) is 3.61. The Morgan fingerprint density at radius 3 is 2.77 bits per heavy atom. The maximum atomic E-state index is 11.8. The number of aliphatic hydroxyl groups excluding tert-OH is 1. The van der Waals surface area contributed by atoms with Crippen LogP contribution in [-0.2, 0) is 17.6 Å². The molecule has 1 fully saturated rings. The van der Waals surface area contributed by atoms with E-state index in [0.717, 1.165) is 34.3 Å². The summed E-state index contributed by atoms with van der Waals surface area (Å²) in [5.41, 5.74) is 3.12. The molecular formula is C22H21N3O4S. The summed E-state index contributed by atoms with van der Waals surface area (Å²) in [5, 5.41) is 12.1. The number of carbonyl (C=O) groups is 2. The van der Waals surface area contributed by atoms with E-state index in [2.05, 4.69) is 15.3 Å². The highest BCUT2D eigenvalue weighted by Crippen LogP contribution is 2.26. The van der Waals surface area contributed by atoms with Crippen molar-refractivity contribution in [3.05, 3.63) is 71.4 Å². The van der Waals surface area contributed by atoms with Gasteiger partial charge in [0.05, 0.1) is 17.0 Å². The Balaban J connectivity index is 1.40. The fourth-order valence-electron chi connectivity index (χ4n) is 3.34. The molecule has 0 bridgehead atoms. The Kier molecular flexibility index (Phi) is 5.96. The van der Waals surface area contributed by atoms with Crippen LogP contribution in [0.4, 0.5) is 4.79 Å². The standard InChI is InChI=1S/C22H21N3O4S/c1-13-17(24-21(29-13)14-5-3-2-4-6-14)7-8-18(26)15-9-10-23-16(11-15)12-19-20(27)25-22(28)30-19/h2-6,9-11,18-19,26H,7-8,12H2,1H3,(H,25,27,28). The molecule has 0 saturated carbocycles. The number of pyridine rings is 1. The third kappa shape index (κ3) is 4.60. The van der Waals surface area contributed by atoms with Gasteiger partial charge in [-0.05, 0) is 49.6 Å². The lowest BCUT2D eigenvalue weighted by Crippen LogP contribution is -2.25. The number of thioether (sulfide) groups is 1. The van der Waals surface area contributed by atoms with Gasteiger partial charge in [0, 0.05) is 23.9 Å². The number of benzene rings is 1. The largest absolute Gasteiger partial charge is 0.441 e. The second kappa shape index (κ2) is 8.81. The number of amides is 2. The first-order valence-corrected chi connectivity index (χ1v) is 10.5. The van der Waals surface area contributed by atoms with Crippen molar-refractivity contribution in [3.8, 4) is 11.5 Å². The van der Waals surface area contributed by atoms with E-state index in [1.165, 1.54) is 0 Å². The summed E-state index contributed by atoms with van der Waals surface area (Å²) in [6.45, 7) is 1.87. The molecule has 1 aromatic carbocycles. The summed E-state index contributed by atoms with van der Waals surface area (Å²) >= 11 is 0.972. The van der Waals surface area contributed by atoms with E-state index in [9.17, 15) is 14.7 Å². The number of aromatic nitrogens is 2. The first kappa shape index (κ1) is 20.3. The minimum atomic E-state index is -0.699. The van der Waals surface area contributed by atoms with Crippen molar-refractivity contribution in [2.75, 3.05) is 0 Å². The average Bonchev–Trinajstić information content (AvgIpc) is 3.28. The van der Waals surface area contributed by atoms with E-state index in [1.807, 2.05) is 37.3 Å². The van der Waals surface area contributed by atoms with Gasteiger partial charge in [0.2, 0.25) is 11.8 Å². The number of carbonyl (C=O) groups excluding carboxylic acids is 2. The van der Waals surface area contributed by atoms with Gasteiger partial charge >= 0.3 is 0 Å². The minimum Gasteiger partial charge on any atom is -0.441 e. The fraction of sp³-hybridized carbons (Fsp3) is 0.273. The number of hydrogen-bond acceptors (Lipinski definition) is 7. The Morgan fingerprint density at radius 2 is 2.03 bits per heavy atom. The zero-order valence-electron chi connectivity index (χ0n) is 16.4. The lowest BCUT2D eigenvalue weighted by Gasteiger charge is -2.12. The van der Waals surface area contributed by atoms with Gasteiger partial charge in [0.15, 0.2) is 0 Å². The highest BCUT2D eigenvalue weighted by Gasteiger charge is 2.32. The second-order valence-electron chi connectivity index (χ2n) is 7.11. The Labute approximate surface area is 177 Å². The lowest BCUT2D eigenvalue weighted by molar-refractivity contribution is -0.118. The van der Waals surface area contributed by atoms with Gasteiger partial charge in [0.25, 0.3) is 5.24 Å². The summed E-state index contributed by atoms with van der Waals surface area (Å²) in [4.78, 5) is 31.9. The van der Waals surface area contributed by atoms with Crippen molar-refractivity contribution < 1.29 is 19.1 Å². The van der Waals surface area contributed by atoms with Crippen molar-refractivity contribution >= 4 is 22.9 Å².